The van der Waals surface area contributed by atoms with Crippen LogP contribution in [0.15, 0.2) is 46.6 Å². The number of hydrogen-bond donors (Lipinski definition) is 3. The van der Waals surface area contributed by atoms with Gasteiger partial charge < -0.3 is 30.2 Å². The van der Waals surface area contributed by atoms with Crippen molar-refractivity contribution >= 4 is 47.0 Å². The zero-order valence-electron chi connectivity index (χ0n) is 19.9. The number of aromatic hydroxyl groups is 1. The molecule has 0 amide bonds. The molecule has 0 unspecified atom stereocenters. The first-order valence-electron chi connectivity index (χ1n) is 9.65. The summed E-state index contributed by atoms with van der Waals surface area (Å²) in [5, 5.41) is 37.7. The topological polar surface area (TPSA) is 217 Å². The summed E-state index contributed by atoms with van der Waals surface area (Å²) in [7, 11) is 5.51. The second-order valence-corrected chi connectivity index (χ2v) is 6.25. The quantitative estimate of drug-likeness (QED) is 0.115. The number of rotatable bonds is 7. The number of phenols is 1. The molecular weight excluding hydrogens is 520 g/mol. The summed E-state index contributed by atoms with van der Waals surface area (Å²) < 4.78 is 12.9. The number of benzene rings is 2. The number of ether oxygens (including phenoxy) is 3. The molecule has 2 rings (SSSR count). The van der Waals surface area contributed by atoms with Gasteiger partial charge in [0, 0.05) is 37.8 Å². The van der Waals surface area contributed by atoms with Crippen molar-refractivity contribution in [3.8, 4) is 11.5 Å². The highest BCUT2D eigenvalue weighted by molar-refractivity contribution is 6.61. The maximum absolute atomic E-state index is 10.9. The lowest BCUT2D eigenvalue weighted by Crippen LogP contribution is -2.08. The molecule has 17 heteroatoms. The number of carbonyl (C=O) groups excluding carboxylic acids is 2. The van der Waals surface area contributed by atoms with E-state index in [1.807, 2.05) is 0 Å². The normalized spacial score (nSPS) is 9.76. The summed E-state index contributed by atoms with van der Waals surface area (Å²) in [6.45, 7) is 0. The highest BCUT2D eigenvalue weighted by atomic mass is 35.5. The van der Waals surface area contributed by atoms with Crippen LogP contribution in [-0.2, 0) is 9.47 Å². The van der Waals surface area contributed by atoms with Gasteiger partial charge in [-0.15, -0.1) is 0 Å². The molecule has 3 N–H and O–H groups in total. The van der Waals surface area contributed by atoms with Crippen molar-refractivity contribution in [2.45, 2.75) is 0 Å². The predicted molar refractivity (Wildman–Crippen MR) is 132 cm³/mol. The first kappa shape index (κ1) is 32.0. The summed E-state index contributed by atoms with van der Waals surface area (Å²) in [6, 6.07) is 7.59. The van der Waals surface area contributed by atoms with Gasteiger partial charge in [0.15, 0.2) is 0 Å². The van der Waals surface area contributed by atoms with Crippen molar-refractivity contribution < 1.29 is 38.8 Å². The summed E-state index contributed by atoms with van der Waals surface area (Å²) in [5.74, 6) is 0.0955. The van der Waals surface area contributed by atoms with Crippen molar-refractivity contribution in [3.63, 3.8) is 0 Å². The van der Waals surface area contributed by atoms with Crippen molar-refractivity contribution in [3.05, 3.63) is 67.8 Å². The van der Waals surface area contributed by atoms with Gasteiger partial charge in [0.1, 0.15) is 11.5 Å². The van der Waals surface area contributed by atoms with Crippen molar-refractivity contribution in [2.24, 2.45) is 10.2 Å². The van der Waals surface area contributed by atoms with Gasteiger partial charge in [-0.05, 0) is 24.3 Å². The van der Waals surface area contributed by atoms with Crippen molar-refractivity contribution in [1.82, 2.24) is 10.9 Å². The van der Waals surface area contributed by atoms with Crippen molar-refractivity contribution in [1.29, 1.82) is 0 Å². The highest BCUT2D eigenvalue weighted by Gasteiger charge is 2.15. The fourth-order valence-electron chi connectivity index (χ4n) is 2.08. The summed E-state index contributed by atoms with van der Waals surface area (Å²) in [4.78, 5) is 40.5. The molecule has 0 bridgehead atoms. The number of carbonyl (C=O) groups is 2. The number of halogens is 1. The molecule has 16 nitrogen and oxygen atoms in total. The predicted octanol–water partition coefficient (Wildman–Crippen LogP) is 3.14. The average Bonchev–Trinajstić information content (AvgIpc) is 2.86. The van der Waals surface area contributed by atoms with Crippen LogP contribution >= 0.6 is 11.6 Å². The Bertz CT molecular complexity index is 1140. The molecule has 2 aromatic carbocycles. The Morgan fingerprint density at radius 2 is 1.38 bits per heavy atom. The number of nitrogens with zero attached hydrogens (tertiary/aromatic N) is 4. The fraction of sp³-hybridized carbons (Fsp3) is 0.200. The van der Waals surface area contributed by atoms with E-state index in [9.17, 15) is 29.8 Å². The minimum atomic E-state index is -0.902. The molecular formula is C20H23ClN6O10. The molecule has 200 valence electrons. The molecule has 0 spiro atoms. The third kappa shape index (κ3) is 12.9. The zero-order chi connectivity index (χ0) is 28.4. The van der Waals surface area contributed by atoms with E-state index in [-0.39, 0.29) is 34.0 Å². The lowest BCUT2D eigenvalue weighted by Gasteiger charge is -2.03. The smallest absolute Gasteiger partial charge is 0.508 e. The average molecular weight is 543 g/mol. The number of nitro benzene ring substituents is 2. The number of nitrogens with one attached hydrogen (secondary N) is 2. The first-order chi connectivity index (χ1) is 17.5. The van der Waals surface area contributed by atoms with Gasteiger partial charge in [0.2, 0.25) is 0 Å². The van der Waals surface area contributed by atoms with E-state index in [0.717, 1.165) is 7.11 Å². The fourth-order valence-corrected chi connectivity index (χ4v) is 2.08. The molecule has 0 fully saturated rings. The van der Waals surface area contributed by atoms with Crippen LogP contribution in [0.25, 0.3) is 0 Å². The second kappa shape index (κ2) is 17.4. The number of hydrogen-bond acceptors (Lipinski definition) is 14. The van der Waals surface area contributed by atoms with Crippen LogP contribution in [0.2, 0.25) is 0 Å². The third-order valence-electron chi connectivity index (χ3n) is 3.60. The van der Waals surface area contributed by atoms with Crippen LogP contribution in [0.1, 0.15) is 11.1 Å². The van der Waals surface area contributed by atoms with Gasteiger partial charge >= 0.3 is 11.6 Å². The lowest BCUT2D eigenvalue weighted by molar-refractivity contribution is -0.385. The van der Waals surface area contributed by atoms with Crippen molar-refractivity contribution in [2.75, 3.05) is 28.3 Å². The van der Waals surface area contributed by atoms with Gasteiger partial charge in [-0.2, -0.15) is 10.2 Å². The molecule has 0 saturated carbocycles. The van der Waals surface area contributed by atoms with Gasteiger partial charge in [-0.3, -0.25) is 20.2 Å². The standard InChI is InChI=1S/C10H11N3O5.C8H9N3O3.C2H3ClO2/c1-11-12-6-7-5-8(18-10(14)17-2)3-4-9(7)13(15)16;1-9-10-5-6-4-7(12)2-3-8(6)11(13)14;1-5-2(3)4/h3-6,11H,1-2H3;2-5,9,12H,1H3;1H3/b12-6+;10-5+;. The Labute approximate surface area is 214 Å². The Hall–Kier alpha value is -4.99. The van der Waals surface area contributed by atoms with E-state index in [2.05, 4.69) is 42.1 Å². The maximum atomic E-state index is 10.9. The van der Waals surface area contributed by atoms with Crippen LogP contribution in [0, 0.1) is 20.2 Å². The summed E-state index contributed by atoms with van der Waals surface area (Å²) >= 11 is 4.60. The minimum absolute atomic E-state index is 0.0341. The SMILES string of the molecule is CN/N=C/c1cc(O)ccc1[N+](=O)[O-].CN/N=C/c1cc(OC(=O)OC)ccc1[N+](=O)[O-].COC(=O)Cl. The number of nitro groups is 2. The second-order valence-electron chi connectivity index (χ2n) is 5.94. The third-order valence-corrected chi connectivity index (χ3v) is 3.75. The molecule has 0 atom stereocenters. The molecule has 0 aliphatic heterocycles. The Morgan fingerprint density at radius 1 is 0.919 bits per heavy atom. The van der Waals surface area contributed by atoms with E-state index in [1.165, 1.54) is 55.9 Å². The van der Waals surface area contributed by atoms with E-state index in [1.54, 1.807) is 14.1 Å². The van der Waals surface area contributed by atoms with Crippen LogP contribution in [0.3, 0.4) is 0 Å². The minimum Gasteiger partial charge on any atom is -0.508 e. The Morgan fingerprint density at radius 3 is 1.78 bits per heavy atom. The number of hydrazone groups is 2. The molecule has 0 aliphatic rings. The first-order valence-corrected chi connectivity index (χ1v) is 10.0. The van der Waals surface area contributed by atoms with Gasteiger partial charge in [-0.1, -0.05) is 0 Å². The van der Waals surface area contributed by atoms with Gasteiger partial charge in [0.25, 0.3) is 11.4 Å². The van der Waals surface area contributed by atoms with Crippen LogP contribution in [0.5, 0.6) is 11.5 Å². The van der Waals surface area contributed by atoms with Crippen LogP contribution in [-0.4, -0.2) is 67.3 Å². The molecule has 0 heterocycles. The Balaban J connectivity index is 0.000000605. The van der Waals surface area contributed by atoms with Gasteiger partial charge in [0.05, 0.1) is 47.6 Å². The van der Waals surface area contributed by atoms with Gasteiger partial charge in [-0.25, -0.2) is 9.59 Å². The van der Waals surface area contributed by atoms with Crippen LogP contribution < -0.4 is 15.6 Å². The maximum Gasteiger partial charge on any atom is 0.513 e. The van der Waals surface area contributed by atoms with E-state index in [0.29, 0.717) is 0 Å². The van der Waals surface area contributed by atoms with Crippen LogP contribution in [0.4, 0.5) is 21.0 Å². The lowest BCUT2D eigenvalue weighted by atomic mass is 10.2. The molecule has 0 aliphatic carbocycles. The summed E-state index contributed by atoms with van der Waals surface area (Å²) in [5.41, 5.74) is 4.38. The number of phenolic OH excluding ortho intramolecular Hbond substituents is 1. The molecule has 0 radical (unpaired) electrons. The summed E-state index contributed by atoms with van der Waals surface area (Å²) in [6.07, 6.45) is 1.63. The van der Waals surface area contributed by atoms with E-state index >= 15 is 0 Å². The van der Waals surface area contributed by atoms with E-state index in [4.69, 9.17) is 9.84 Å². The molecule has 2 aromatic rings. The largest absolute Gasteiger partial charge is 0.513 e. The zero-order valence-corrected chi connectivity index (χ0v) is 20.7. The number of methoxy groups -OCH3 is 2. The highest BCUT2D eigenvalue weighted by Crippen LogP contribution is 2.23. The Kier molecular flexibility index (Phi) is 15.1. The molecule has 0 aromatic heterocycles. The van der Waals surface area contributed by atoms with E-state index < -0.39 is 21.4 Å². The molecule has 0 saturated heterocycles. The molecule has 37 heavy (non-hydrogen) atoms. The monoisotopic (exact) mass is 542 g/mol.